The summed E-state index contributed by atoms with van der Waals surface area (Å²) in [5.74, 6) is -0.172. The van der Waals surface area contributed by atoms with Crippen molar-refractivity contribution >= 4 is 5.82 Å². The Labute approximate surface area is 79.2 Å². The van der Waals surface area contributed by atoms with Gasteiger partial charge in [-0.2, -0.15) is 5.10 Å². The van der Waals surface area contributed by atoms with Crippen molar-refractivity contribution in [3.8, 4) is 11.4 Å². The van der Waals surface area contributed by atoms with E-state index >= 15 is 0 Å². The van der Waals surface area contributed by atoms with Crippen molar-refractivity contribution in [2.75, 3.05) is 5.73 Å². The SMILES string of the molecule is Cc1nccc(-c2[nH]nc(N)c2F)n1. The zero-order chi connectivity index (χ0) is 10.1. The average Bonchev–Trinajstić information content (AvgIpc) is 2.48. The van der Waals surface area contributed by atoms with Crippen LogP contribution in [0.1, 0.15) is 5.82 Å². The quantitative estimate of drug-likeness (QED) is 0.705. The molecule has 0 aliphatic rings. The highest BCUT2D eigenvalue weighted by atomic mass is 19.1. The Bertz CT molecular complexity index is 465. The third-order valence-corrected chi connectivity index (χ3v) is 1.76. The van der Waals surface area contributed by atoms with Crippen molar-refractivity contribution in [3.05, 3.63) is 23.9 Å². The fourth-order valence-electron chi connectivity index (χ4n) is 1.11. The molecule has 0 saturated carbocycles. The van der Waals surface area contributed by atoms with Crippen LogP contribution in [0.4, 0.5) is 10.2 Å². The number of nitrogen functional groups attached to an aromatic ring is 1. The van der Waals surface area contributed by atoms with Gasteiger partial charge in [-0.15, -0.1) is 0 Å². The molecule has 2 rings (SSSR count). The van der Waals surface area contributed by atoms with Gasteiger partial charge in [0.15, 0.2) is 11.6 Å². The van der Waals surface area contributed by atoms with Crippen molar-refractivity contribution in [2.24, 2.45) is 0 Å². The molecule has 0 spiro atoms. The van der Waals surface area contributed by atoms with Crippen LogP contribution in [0.25, 0.3) is 11.4 Å². The minimum atomic E-state index is -0.580. The first kappa shape index (κ1) is 8.61. The van der Waals surface area contributed by atoms with Crippen molar-refractivity contribution < 1.29 is 4.39 Å². The molecule has 0 aromatic carbocycles. The summed E-state index contributed by atoms with van der Waals surface area (Å²) in [5.41, 5.74) is 5.89. The molecule has 2 aromatic heterocycles. The van der Waals surface area contributed by atoms with Crippen molar-refractivity contribution in [1.29, 1.82) is 0 Å². The molecule has 0 bridgehead atoms. The van der Waals surface area contributed by atoms with Gasteiger partial charge >= 0.3 is 0 Å². The van der Waals surface area contributed by atoms with E-state index in [1.807, 2.05) is 0 Å². The van der Waals surface area contributed by atoms with Crippen LogP contribution in [0.5, 0.6) is 0 Å². The Balaban J connectivity index is 2.55. The van der Waals surface area contributed by atoms with Crippen molar-refractivity contribution in [1.82, 2.24) is 20.2 Å². The van der Waals surface area contributed by atoms with E-state index in [1.165, 1.54) is 0 Å². The standard InChI is InChI=1S/C8H8FN5/c1-4-11-3-2-5(12-4)7-6(9)8(10)14-13-7/h2-3H,1H3,(H3,10,13,14). The number of halogens is 1. The predicted molar refractivity (Wildman–Crippen MR) is 48.7 cm³/mol. The Hall–Kier alpha value is -1.98. The maximum absolute atomic E-state index is 13.3. The van der Waals surface area contributed by atoms with Gasteiger partial charge in [-0.3, -0.25) is 5.10 Å². The highest BCUT2D eigenvalue weighted by Crippen LogP contribution is 2.20. The molecule has 0 aliphatic heterocycles. The first-order valence-corrected chi connectivity index (χ1v) is 3.98. The molecule has 0 atom stereocenters. The lowest BCUT2D eigenvalue weighted by atomic mass is 10.3. The number of rotatable bonds is 1. The minimum absolute atomic E-state index is 0.156. The van der Waals surface area contributed by atoms with Crippen molar-refractivity contribution in [2.45, 2.75) is 6.92 Å². The van der Waals surface area contributed by atoms with Gasteiger partial charge in [0.2, 0.25) is 0 Å². The molecule has 0 amide bonds. The van der Waals surface area contributed by atoms with Gasteiger partial charge in [0.1, 0.15) is 11.5 Å². The number of aromatic nitrogens is 4. The fraction of sp³-hybridized carbons (Fsp3) is 0.125. The molecule has 5 nitrogen and oxygen atoms in total. The smallest absolute Gasteiger partial charge is 0.194 e. The summed E-state index contributed by atoms with van der Waals surface area (Å²) < 4.78 is 13.3. The number of anilines is 1. The second-order valence-corrected chi connectivity index (χ2v) is 2.79. The van der Waals surface area contributed by atoms with Crippen LogP contribution in [0.2, 0.25) is 0 Å². The zero-order valence-electron chi connectivity index (χ0n) is 7.45. The average molecular weight is 193 g/mol. The number of aryl methyl sites for hydroxylation is 1. The molecular formula is C8H8FN5. The normalized spacial score (nSPS) is 10.4. The molecule has 0 saturated heterocycles. The largest absolute Gasteiger partial charge is 0.380 e. The van der Waals surface area contributed by atoms with Crippen molar-refractivity contribution in [3.63, 3.8) is 0 Å². The first-order chi connectivity index (χ1) is 6.68. The molecule has 6 heteroatoms. The number of aromatic amines is 1. The maximum atomic E-state index is 13.3. The van der Waals surface area contributed by atoms with Gasteiger partial charge in [0, 0.05) is 6.20 Å². The molecule has 0 fully saturated rings. The Kier molecular flexibility index (Phi) is 1.88. The minimum Gasteiger partial charge on any atom is -0.380 e. The highest BCUT2D eigenvalue weighted by molar-refractivity contribution is 5.58. The molecule has 14 heavy (non-hydrogen) atoms. The second kappa shape index (κ2) is 3.06. The summed E-state index contributed by atoms with van der Waals surface area (Å²) >= 11 is 0. The Morgan fingerprint density at radius 1 is 1.50 bits per heavy atom. The predicted octanol–water partition coefficient (Wildman–Crippen LogP) is 0.896. The number of nitrogens with two attached hydrogens (primary N) is 1. The van der Waals surface area contributed by atoms with Crippen LogP contribution in [0, 0.1) is 12.7 Å². The molecule has 0 unspecified atom stereocenters. The number of nitrogens with zero attached hydrogens (tertiary/aromatic N) is 3. The highest BCUT2D eigenvalue weighted by Gasteiger charge is 2.12. The second-order valence-electron chi connectivity index (χ2n) is 2.79. The van der Waals surface area contributed by atoms with Crippen LogP contribution in [0.15, 0.2) is 12.3 Å². The first-order valence-electron chi connectivity index (χ1n) is 3.98. The maximum Gasteiger partial charge on any atom is 0.194 e. The van der Waals surface area contributed by atoms with Crippen LogP contribution < -0.4 is 5.73 Å². The summed E-state index contributed by atoms with van der Waals surface area (Å²) in [6.45, 7) is 1.72. The van der Waals surface area contributed by atoms with Crippen LogP contribution >= 0.6 is 0 Å². The van der Waals surface area contributed by atoms with Crippen LogP contribution in [-0.4, -0.2) is 20.2 Å². The lowest BCUT2D eigenvalue weighted by molar-refractivity contribution is 0.636. The molecular weight excluding hydrogens is 185 g/mol. The van der Waals surface area contributed by atoms with E-state index in [1.54, 1.807) is 19.2 Å². The summed E-state index contributed by atoms with van der Waals surface area (Å²) in [5, 5.41) is 6.02. The van der Waals surface area contributed by atoms with Crippen LogP contribution in [-0.2, 0) is 0 Å². The van der Waals surface area contributed by atoms with E-state index in [9.17, 15) is 4.39 Å². The van der Waals surface area contributed by atoms with E-state index in [2.05, 4.69) is 20.2 Å². The number of hydrogen-bond donors (Lipinski definition) is 2. The van der Waals surface area contributed by atoms with E-state index in [4.69, 9.17) is 5.73 Å². The van der Waals surface area contributed by atoms with E-state index < -0.39 is 5.82 Å². The topological polar surface area (TPSA) is 80.5 Å². The summed E-state index contributed by atoms with van der Waals surface area (Å²) in [7, 11) is 0. The molecule has 0 aliphatic carbocycles. The lowest BCUT2D eigenvalue weighted by Gasteiger charge is -1.97. The summed E-state index contributed by atoms with van der Waals surface area (Å²) in [4.78, 5) is 7.94. The van der Waals surface area contributed by atoms with Crippen LogP contribution in [0.3, 0.4) is 0 Å². The van der Waals surface area contributed by atoms with Gasteiger partial charge in [0.25, 0.3) is 0 Å². The van der Waals surface area contributed by atoms with Gasteiger partial charge in [-0.05, 0) is 13.0 Å². The van der Waals surface area contributed by atoms with Gasteiger partial charge in [-0.1, -0.05) is 0 Å². The third-order valence-electron chi connectivity index (χ3n) is 1.76. The van der Waals surface area contributed by atoms with Gasteiger partial charge < -0.3 is 5.73 Å². The summed E-state index contributed by atoms with van der Waals surface area (Å²) in [6, 6.07) is 1.59. The molecule has 2 heterocycles. The fourth-order valence-corrected chi connectivity index (χ4v) is 1.11. The van der Waals surface area contributed by atoms with E-state index in [0.29, 0.717) is 11.5 Å². The van der Waals surface area contributed by atoms with E-state index in [-0.39, 0.29) is 11.5 Å². The summed E-state index contributed by atoms with van der Waals surface area (Å²) in [6.07, 6.45) is 1.55. The third kappa shape index (κ3) is 1.30. The zero-order valence-corrected chi connectivity index (χ0v) is 7.45. The van der Waals surface area contributed by atoms with Gasteiger partial charge in [0.05, 0.1) is 5.69 Å². The molecule has 3 N–H and O–H groups in total. The Morgan fingerprint density at radius 3 is 2.86 bits per heavy atom. The number of H-pyrrole nitrogens is 1. The van der Waals surface area contributed by atoms with E-state index in [0.717, 1.165) is 0 Å². The molecule has 72 valence electrons. The Morgan fingerprint density at radius 2 is 2.29 bits per heavy atom. The number of hydrogen-bond acceptors (Lipinski definition) is 4. The lowest BCUT2D eigenvalue weighted by Crippen LogP contribution is -1.92. The molecule has 2 aromatic rings. The number of nitrogens with one attached hydrogen (secondary N) is 1. The molecule has 0 radical (unpaired) electrons. The monoisotopic (exact) mass is 193 g/mol. The van der Waals surface area contributed by atoms with Gasteiger partial charge in [-0.25, -0.2) is 14.4 Å².